The lowest BCUT2D eigenvalue weighted by Gasteiger charge is -2.43. The second-order valence-electron chi connectivity index (χ2n) is 11.1. The normalized spacial score (nSPS) is 21.5. The summed E-state index contributed by atoms with van der Waals surface area (Å²) in [6, 6.07) is 2.47. The monoisotopic (exact) mass is 672 g/mol. The molecule has 0 saturated carbocycles. The summed E-state index contributed by atoms with van der Waals surface area (Å²) in [6.45, 7) is 8.09. The van der Waals surface area contributed by atoms with Crippen LogP contribution in [-0.4, -0.2) is 90.7 Å². The maximum atomic E-state index is 13.3. The highest BCUT2D eigenvalue weighted by atomic mass is 35.5. The van der Waals surface area contributed by atoms with Gasteiger partial charge < -0.3 is 44.2 Å². The minimum Gasteiger partial charge on any atom is -0.461 e. The van der Waals surface area contributed by atoms with E-state index >= 15 is 0 Å². The molecule has 16 nitrogen and oxygen atoms in total. The van der Waals surface area contributed by atoms with E-state index in [1.165, 1.54) is 18.2 Å². The predicted molar refractivity (Wildman–Crippen MR) is 156 cm³/mol. The number of ether oxygens (including phenoxy) is 7. The Bertz CT molecular complexity index is 1340. The SMILES string of the molecule is CC(=O)O[C@@H]1O[C@H](COC(=O)[C@H](CC(=O)c2ccc(Cl)cc2N)NC(=O)OC(C)(C)C)[C@@H](OC(C)=O)[C@H](OC(C)=O)[C@H]1OC(C)=O. The van der Waals surface area contributed by atoms with Crippen LogP contribution in [0, 0.1) is 0 Å². The van der Waals surface area contributed by atoms with Gasteiger partial charge in [-0.15, -0.1) is 0 Å². The van der Waals surface area contributed by atoms with Crippen molar-refractivity contribution in [3.63, 3.8) is 0 Å². The summed E-state index contributed by atoms with van der Waals surface area (Å²) in [5, 5.41) is 2.55. The minimum atomic E-state index is -1.70. The number of nitrogens with two attached hydrogens (primary N) is 1. The van der Waals surface area contributed by atoms with Gasteiger partial charge in [0.1, 0.15) is 24.4 Å². The molecule has 2 rings (SSSR count). The van der Waals surface area contributed by atoms with Crippen molar-refractivity contribution >= 4 is 59.0 Å². The average Bonchev–Trinajstić information content (AvgIpc) is 2.88. The number of hydrogen-bond acceptors (Lipinski definition) is 15. The third-order valence-electron chi connectivity index (χ3n) is 5.85. The van der Waals surface area contributed by atoms with Crippen molar-refractivity contribution in [3.8, 4) is 0 Å². The zero-order valence-electron chi connectivity index (χ0n) is 26.3. The number of ketones is 1. The van der Waals surface area contributed by atoms with E-state index in [1.54, 1.807) is 20.8 Å². The molecular weight excluding hydrogens is 636 g/mol. The summed E-state index contributed by atoms with van der Waals surface area (Å²) in [5.41, 5.74) is 4.99. The Hall–Kier alpha value is -4.44. The fraction of sp³-hybridized carbons (Fsp3) is 0.552. The van der Waals surface area contributed by atoms with E-state index in [0.29, 0.717) is 0 Å². The smallest absolute Gasteiger partial charge is 0.408 e. The van der Waals surface area contributed by atoms with Gasteiger partial charge in [0.2, 0.25) is 12.4 Å². The number of anilines is 1. The first-order chi connectivity index (χ1) is 21.3. The Labute approximate surface area is 269 Å². The van der Waals surface area contributed by atoms with Crippen molar-refractivity contribution in [2.75, 3.05) is 12.3 Å². The lowest BCUT2D eigenvalue weighted by atomic mass is 9.98. The fourth-order valence-electron chi connectivity index (χ4n) is 4.24. The molecule has 1 heterocycles. The van der Waals surface area contributed by atoms with Crippen molar-refractivity contribution in [2.24, 2.45) is 0 Å². The largest absolute Gasteiger partial charge is 0.461 e. The molecule has 0 aromatic heterocycles. The van der Waals surface area contributed by atoms with Crippen LogP contribution < -0.4 is 11.1 Å². The van der Waals surface area contributed by atoms with Gasteiger partial charge in [-0.3, -0.25) is 24.0 Å². The Kier molecular flexibility index (Phi) is 13.3. The van der Waals surface area contributed by atoms with Gasteiger partial charge in [-0.05, 0) is 39.0 Å². The second kappa shape index (κ2) is 16.2. The molecule has 1 saturated heterocycles. The highest BCUT2D eigenvalue weighted by molar-refractivity contribution is 6.31. The number of hydrogen-bond donors (Lipinski definition) is 2. The number of rotatable bonds is 11. The number of amides is 1. The van der Waals surface area contributed by atoms with Crippen molar-refractivity contribution in [2.45, 2.75) is 97.2 Å². The van der Waals surface area contributed by atoms with Crippen LogP contribution >= 0.6 is 11.6 Å². The maximum Gasteiger partial charge on any atom is 0.408 e. The molecule has 1 aromatic rings. The van der Waals surface area contributed by atoms with Crippen LogP contribution in [0.1, 0.15) is 65.2 Å². The van der Waals surface area contributed by atoms with Crippen molar-refractivity contribution < 1.29 is 66.7 Å². The highest BCUT2D eigenvalue weighted by Crippen LogP contribution is 2.30. The third kappa shape index (κ3) is 11.8. The van der Waals surface area contributed by atoms with E-state index in [-0.39, 0.29) is 16.3 Å². The first kappa shape index (κ1) is 37.7. The van der Waals surface area contributed by atoms with Gasteiger partial charge in [-0.25, -0.2) is 9.59 Å². The maximum absolute atomic E-state index is 13.3. The third-order valence-corrected chi connectivity index (χ3v) is 6.08. The Morgan fingerprint density at radius 2 is 1.41 bits per heavy atom. The summed E-state index contributed by atoms with van der Waals surface area (Å²) >= 11 is 5.91. The van der Waals surface area contributed by atoms with Gasteiger partial charge in [0.25, 0.3) is 0 Å². The lowest BCUT2D eigenvalue weighted by Crippen LogP contribution is -2.63. The molecule has 17 heteroatoms. The molecule has 0 bridgehead atoms. The molecule has 46 heavy (non-hydrogen) atoms. The van der Waals surface area contributed by atoms with Gasteiger partial charge >= 0.3 is 35.9 Å². The van der Waals surface area contributed by atoms with E-state index in [4.69, 9.17) is 50.5 Å². The van der Waals surface area contributed by atoms with Gasteiger partial charge in [0, 0.05) is 50.4 Å². The number of nitrogens with one attached hydrogen (secondary N) is 1. The number of carbonyl (C=O) groups is 7. The van der Waals surface area contributed by atoms with Gasteiger partial charge in [0.15, 0.2) is 18.0 Å². The van der Waals surface area contributed by atoms with Crippen molar-refractivity contribution in [1.82, 2.24) is 5.32 Å². The standard InChI is InChI=1S/C29H37ClN2O14/c1-13(33)41-23-22(45-27(44-16(4)36)25(43-15(3)35)24(23)42-14(2)34)12-40-26(38)20(32-28(39)46-29(5,6)7)11-21(37)18-9-8-17(30)10-19(18)31/h8-10,20,22-25,27H,11-12,31H2,1-7H3,(H,32,39)/t20-,22+,23+,24-,25+,27+/m0/s1. The zero-order valence-corrected chi connectivity index (χ0v) is 27.0. The molecule has 3 N–H and O–H groups in total. The summed E-state index contributed by atoms with van der Waals surface area (Å²) in [5.74, 6) is -5.35. The molecule has 1 aliphatic heterocycles. The summed E-state index contributed by atoms with van der Waals surface area (Å²) in [7, 11) is 0. The molecule has 0 spiro atoms. The number of nitrogen functional groups attached to an aromatic ring is 1. The van der Waals surface area contributed by atoms with E-state index in [2.05, 4.69) is 5.32 Å². The van der Waals surface area contributed by atoms with Crippen LogP contribution in [0.15, 0.2) is 18.2 Å². The fourth-order valence-corrected chi connectivity index (χ4v) is 4.42. The van der Waals surface area contributed by atoms with E-state index < -0.39 is 97.1 Å². The van der Waals surface area contributed by atoms with Crippen LogP contribution in [0.3, 0.4) is 0 Å². The van der Waals surface area contributed by atoms with Crippen LogP contribution in [0.25, 0.3) is 0 Å². The molecule has 1 aromatic carbocycles. The van der Waals surface area contributed by atoms with Crippen LogP contribution in [0.2, 0.25) is 5.02 Å². The van der Waals surface area contributed by atoms with Gasteiger partial charge in [0.05, 0.1) is 0 Å². The van der Waals surface area contributed by atoms with E-state index in [1.807, 2.05) is 0 Å². The van der Waals surface area contributed by atoms with Crippen molar-refractivity contribution in [3.05, 3.63) is 28.8 Å². The van der Waals surface area contributed by atoms with Crippen LogP contribution in [0.4, 0.5) is 10.5 Å². The minimum absolute atomic E-state index is 0.0173. The summed E-state index contributed by atoms with van der Waals surface area (Å²) in [6.07, 6.45) is -9.61. The Morgan fingerprint density at radius 3 is 1.93 bits per heavy atom. The summed E-state index contributed by atoms with van der Waals surface area (Å²) in [4.78, 5) is 86.8. The molecule has 0 radical (unpaired) electrons. The molecule has 1 amide bonds. The zero-order chi connectivity index (χ0) is 34.9. The van der Waals surface area contributed by atoms with E-state index in [0.717, 1.165) is 27.7 Å². The molecule has 0 aliphatic carbocycles. The quantitative estimate of drug-likeness (QED) is 0.148. The molecule has 1 aliphatic rings. The molecule has 0 unspecified atom stereocenters. The highest BCUT2D eigenvalue weighted by Gasteiger charge is 2.53. The second-order valence-corrected chi connectivity index (χ2v) is 11.5. The number of alkyl carbamates (subject to hydrolysis) is 1. The lowest BCUT2D eigenvalue weighted by molar-refractivity contribution is -0.300. The Balaban J connectivity index is 2.41. The van der Waals surface area contributed by atoms with Gasteiger partial charge in [-0.1, -0.05) is 11.6 Å². The predicted octanol–water partition coefficient (Wildman–Crippen LogP) is 2.01. The Morgan fingerprint density at radius 1 is 0.870 bits per heavy atom. The van der Waals surface area contributed by atoms with Crippen LogP contribution in [0.5, 0.6) is 0 Å². The topological polar surface area (TPSA) is 222 Å². The summed E-state index contributed by atoms with van der Waals surface area (Å²) < 4.78 is 37.2. The van der Waals surface area contributed by atoms with Crippen LogP contribution in [-0.2, 0) is 57.1 Å². The molecule has 6 atom stereocenters. The number of benzene rings is 1. The molecular formula is C29H37ClN2O14. The number of halogens is 1. The molecule has 1 fully saturated rings. The van der Waals surface area contributed by atoms with Gasteiger partial charge in [-0.2, -0.15) is 0 Å². The first-order valence-corrected chi connectivity index (χ1v) is 14.2. The van der Waals surface area contributed by atoms with Crippen molar-refractivity contribution in [1.29, 1.82) is 0 Å². The average molecular weight is 673 g/mol. The number of esters is 5. The van der Waals surface area contributed by atoms with E-state index in [9.17, 15) is 33.6 Å². The molecule has 254 valence electrons. The first-order valence-electron chi connectivity index (χ1n) is 13.9. The number of carbonyl (C=O) groups excluding carboxylic acids is 7. The number of Topliss-reactive ketones (excluding diaryl/α,β-unsaturated/α-hetero) is 1.